The molecule has 82 valence electrons. The van der Waals surface area contributed by atoms with Crippen molar-refractivity contribution in [2.75, 3.05) is 0 Å². The van der Waals surface area contributed by atoms with Crippen LogP contribution in [0.5, 0.6) is 0 Å². The molecule has 0 aliphatic rings. The predicted molar refractivity (Wildman–Crippen MR) is 67.4 cm³/mol. The molecule has 1 aromatic heterocycles. The lowest BCUT2D eigenvalue weighted by molar-refractivity contribution is 0.587. The summed E-state index contributed by atoms with van der Waals surface area (Å²) in [7, 11) is 0. The Morgan fingerprint density at radius 3 is 2.57 bits per heavy atom. The van der Waals surface area contributed by atoms with Crippen LogP contribution in [0.25, 0.3) is 0 Å². The monoisotopic (exact) mass is 233 g/mol. The molecule has 1 nitrogen and oxygen atoms in total. The maximum atomic E-state index is 6.06. The molecule has 3 heteroatoms. The van der Waals surface area contributed by atoms with Crippen LogP contribution in [0, 0.1) is 6.92 Å². The fourth-order valence-corrected chi connectivity index (χ4v) is 2.32. The van der Waals surface area contributed by atoms with E-state index in [-0.39, 0.29) is 18.4 Å². The molecule has 0 unspecified atom stereocenters. The lowest BCUT2D eigenvalue weighted by Crippen LogP contribution is -2.07. The smallest absolute Gasteiger partial charge is 0.0389 e. The minimum Gasteiger partial charge on any atom is -0.323 e. The summed E-state index contributed by atoms with van der Waals surface area (Å²) in [5.74, 6) is 0. The van der Waals surface area contributed by atoms with Crippen LogP contribution in [0.4, 0.5) is 0 Å². The third kappa shape index (κ3) is 4.45. The number of unbranched alkanes of at least 4 members (excludes halogenated alkanes) is 2. The molecule has 0 spiro atoms. The van der Waals surface area contributed by atoms with Crippen molar-refractivity contribution in [3.63, 3.8) is 0 Å². The summed E-state index contributed by atoms with van der Waals surface area (Å²) in [6.45, 7) is 4.35. The summed E-state index contributed by atoms with van der Waals surface area (Å²) in [6, 6.07) is 4.58. The normalized spacial score (nSPS) is 12.2. The molecule has 0 saturated carbocycles. The van der Waals surface area contributed by atoms with Crippen molar-refractivity contribution >= 4 is 23.7 Å². The van der Waals surface area contributed by atoms with Crippen LogP contribution in [0.2, 0.25) is 0 Å². The molecule has 1 atom stereocenters. The van der Waals surface area contributed by atoms with Gasteiger partial charge in [-0.15, -0.1) is 23.7 Å². The van der Waals surface area contributed by atoms with Crippen LogP contribution in [0.1, 0.15) is 48.4 Å². The van der Waals surface area contributed by atoms with Gasteiger partial charge in [-0.25, -0.2) is 0 Å². The molecule has 0 radical (unpaired) electrons. The van der Waals surface area contributed by atoms with Gasteiger partial charge in [-0.1, -0.05) is 26.2 Å². The minimum atomic E-state index is 0. The van der Waals surface area contributed by atoms with E-state index in [4.69, 9.17) is 5.73 Å². The maximum absolute atomic E-state index is 6.06. The Morgan fingerprint density at radius 1 is 1.36 bits per heavy atom. The second-order valence-electron chi connectivity index (χ2n) is 3.55. The highest BCUT2D eigenvalue weighted by molar-refractivity contribution is 7.12. The molecule has 14 heavy (non-hydrogen) atoms. The van der Waals surface area contributed by atoms with Crippen molar-refractivity contribution in [2.45, 2.75) is 45.6 Å². The number of thiophene rings is 1. The van der Waals surface area contributed by atoms with E-state index in [1.165, 1.54) is 29.0 Å². The van der Waals surface area contributed by atoms with Crippen LogP contribution < -0.4 is 5.73 Å². The summed E-state index contributed by atoms with van der Waals surface area (Å²) in [4.78, 5) is 2.70. The summed E-state index contributed by atoms with van der Waals surface area (Å²) in [6.07, 6.45) is 4.97. The molecule has 0 aliphatic carbocycles. The van der Waals surface area contributed by atoms with Crippen molar-refractivity contribution < 1.29 is 0 Å². The van der Waals surface area contributed by atoms with Gasteiger partial charge in [-0.2, -0.15) is 0 Å². The van der Waals surface area contributed by atoms with Crippen LogP contribution in [0.3, 0.4) is 0 Å². The summed E-state index contributed by atoms with van der Waals surface area (Å²) in [5.41, 5.74) is 6.06. The summed E-state index contributed by atoms with van der Waals surface area (Å²) in [5, 5.41) is 0. The highest BCUT2D eigenvalue weighted by Crippen LogP contribution is 2.24. The quantitative estimate of drug-likeness (QED) is 0.763. The highest BCUT2D eigenvalue weighted by Gasteiger charge is 2.06. The summed E-state index contributed by atoms with van der Waals surface area (Å²) < 4.78 is 0. The van der Waals surface area contributed by atoms with E-state index < -0.39 is 0 Å². The molecule has 1 aromatic rings. The Kier molecular flexibility index (Phi) is 7.24. The van der Waals surface area contributed by atoms with E-state index in [9.17, 15) is 0 Å². The standard InChI is InChI=1S/C11H19NS.ClH/c1-3-4-5-6-10(12)11-8-7-9(2)13-11;/h7-8,10H,3-6,12H2,1-2H3;1H/t10-;/m1./s1. The van der Waals surface area contributed by atoms with E-state index in [1.807, 2.05) is 11.3 Å². The highest BCUT2D eigenvalue weighted by atomic mass is 35.5. The predicted octanol–water partition coefficient (Wildman–Crippen LogP) is 4.06. The van der Waals surface area contributed by atoms with Crippen molar-refractivity contribution in [3.8, 4) is 0 Å². The zero-order chi connectivity index (χ0) is 9.68. The molecule has 1 heterocycles. The molecular weight excluding hydrogens is 214 g/mol. The van der Waals surface area contributed by atoms with Gasteiger partial charge in [-0.3, -0.25) is 0 Å². The second-order valence-corrected chi connectivity index (χ2v) is 4.87. The van der Waals surface area contributed by atoms with Gasteiger partial charge in [-0.05, 0) is 25.5 Å². The topological polar surface area (TPSA) is 26.0 Å². The third-order valence-corrected chi connectivity index (χ3v) is 3.38. The van der Waals surface area contributed by atoms with Crippen LogP contribution in [0.15, 0.2) is 12.1 Å². The summed E-state index contributed by atoms with van der Waals surface area (Å²) >= 11 is 1.83. The zero-order valence-electron chi connectivity index (χ0n) is 8.95. The largest absolute Gasteiger partial charge is 0.323 e. The average molecular weight is 234 g/mol. The number of nitrogens with two attached hydrogens (primary N) is 1. The Bertz CT molecular complexity index is 247. The van der Waals surface area contributed by atoms with Gasteiger partial charge in [0.05, 0.1) is 0 Å². The first-order valence-corrected chi connectivity index (χ1v) is 5.87. The first-order chi connectivity index (χ1) is 6.24. The van der Waals surface area contributed by atoms with E-state index in [2.05, 4.69) is 26.0 Å². The lowest BCUT2D eigenvalue weighted by atomic mass is 10.1. The zero-order valence-corrected chi connectivity index (χ0v) is 10.6. The van der Waals surface area contributed by atoms with Crippen molar-refractivity contribution in [1.82, 2.24) is 0 Å². The van der Waals surface area contributed by atoms with Crippen molar-refractivity contribution in [2.24, 2.45) is 5.73 Å². The van der Waals surface area contributed by atoms with E-state index >= 15 is 0 Å². The maximum Gasteiger partial charge on any atom is 0.0389 e. The van der Waals surface area contributed by atoms with E-state index in [0.717, 1.165) is 6.42 Å². The number of aryl methyl sites for hydroxylation is 1. The van der Waals surface area contributed by atoms with Gasteiger partial charge < -0.3 is 5.73 Å². The van der Waals surface area contributed by atoms with Gasteiger partial charge in [0, 0.05) is 15.8 Å². The van der Waals surface area contributed by atoms with E-state index in [1.54, 1.807) is 0 Å². The Hall–Kier alpha value is -0.0500. The van der Waals surface area contributed by atoms with Gasteiger partial charge in [0.25, 0.3) is 0 Å². The van der Waals surface area contributed by atoms with Gasteiger partial charge >= 0.3 is 0 Å². The average Bonchev–Trinajstić information content (AvgIpc) is 2.52. The van der Waals surface area contributed by atoms with Gasteiger partial charge in [0.1, 0.15) is 0 Å². The van der Waals surface area contributed by atoms with Crippen LogP contribution >= 0.6 is 23.7 Å². The van der Waals surface area contributed by atoms with Crippen molar-refractivity contribution in [1.29, 1.82) is 0 Å². The number of hydrogen-bond acceptors (Lipinski definition) is 2. The van der Waals surface area contributed by atoms with Crippen molar-refractivity contribution in [3.05, 3.63) is 21.9 Å². The Balaban J connectivity index is 0.00000169. The molecule has 0 fully saturated rings. The Labute approximate surface area is 97.1 Å². The second kappa shape index (κ2) is 7.27. The lowest BCUT2D eigenvalue weighted by Gasteiger charge is -2.08. The fourth-order valence-electron chi connectivity index (χ4n) is 1.41. The molecule has 0 saturated heterocycles. The third-order valence-electron chi connectivity index (χ3n) is 2.25. The first kappa shape index (κ1) is 13.9. The molecule has 2 N–H and O–H groups in total. The van der Waals surface area contributed by atoms with E-state index in [0.29, 0.717) is 0 Å². The van der Waals surface area contributed by atoms with Gasteiger partial charge in [0.2, 0.25) is 0 Å². The molecular formula is C11H20ClNS. The van der Waals surface area contributed by atoms with Crippen LogP contribution in [-0.2, 0) is 0 Å². The molecule has 0 bridgehead atoms. The van der Waals surface area contributed by atoms with Crippen LogP contribution in [-0.4, -0.2) is 0 Å². The first-order valence-electron chi connectivity index (χ1n) is 5.06. The molecule has 1 rings (SSSR count). The number of rotatable bonds is 5. The van der Waals surface area contributed by atoms with Gasteiger partial charge in [0.15, 0.2) is 0 Å². The SMILES string of the molecule is CCCCC[C@@H](N)c1ccc(C)s1.Cl. The molecule has 0 aromatic carbocycles. The number of halogens is 1. The molecule has 0 aliphatic heterocycles. The fraction of sp³-hybridized carbons (Fsp3) is 0.636. The molecule has 0 amide bonds. The number of hydrogen-bond donors (Lipinski definition) is 1. The Morgan fingerprint density at radius 2 is 2.07 bits per heavy atom. The minimum absolute atomic E-state index is 0.